The van der Waals surface area contributed by atoms with Gasteiger partial charge in [0.05, 0.1) is 12.8 Å². The van der Waals surface area contributed by atoms with Gasteiger partial charge in [-0.15, -0.1) is 11.8 Å². The Labute approximate surface area is 131 Å². The number of aromatic nitrogens is 1. The van der Waals surface area contributed by atoms with E-state index in [1.54, 1.807) is 18.9 Å². The van der Waals surface area contributed by atoms with Crippen LogP contribution in [0.25, 0.3) is 0 Å². The van der Waals surface area contributed by atoms with Crippen molar-refractivity contribution < 1.29 is 4.74 Å². The normalized spacial score (nSPS) is 10.6. The molecule has 2 aromatic rings. The zero-order chi connectivity index (χ0) is 15.1. The molecule has 2 rings (SSSR count). The van der Waals surface area contributed by atoms with Gasteiger partial charge in [-0.1, -0.05) is 19.1 Å². The Morgan fingerprint density at radius 1 is 1.19 bits per heavy atom. The number of aryl methyl sites for hydroxylation is 1. The Hall–Kier alpha value is -1.52. The second-order valence-corrected chi connectivity index (χ2v) is 5.90. The molecule has 0 aliphatic rings. The Morgan fingerprint density at radius 3 is 2.62 bits per heavy atom. The van der Waals surface area contributed by atoms with E-state index in [2.05, 4.69) is 41.5 Å². The molecule has 0 aliphatic heterocycles. The molecule has 1 aromatic heterocycles. The number of nitrogens with one attached hydrogen (secondary N) is 1. The first-order valence-corrected chi connectivity index (χ1v) is 8.14. The number of nitrogens with zero attached hydrogens (tertiary/aromatic N) is 1. The molecule has 0 radical (unpaired) electrons. The molecule has 21 heavy (non-hydrogen) atoms. The molecule has 0 fully saturated rings. The van der Waals surface area contributed by atoms with Crippen molar-refractivity contribution in [2.75, 3.05) is 13.7 Å². The van der Waals surface area contributed by atoms with E-state index < -0.39 is 0 Å². The molecule has 0 saturated heterocycles. The summed E-state index contributed by atoms with van der Waals surface area (Å²) < 4.78 is 5.28. The fourth-order valence-electron chi connectivity index (χ4n) is 2.02. The Bertz CT molecular complexity index is 570. The topological polar surface area (TPSA) is 34.1 Å². The van der Waals surface area contributed by atoms with Crippen molar-refractivity contribution in [1.29, 1.82) is 0 Å². The van der Waals surface area contributed by atoms with Gasteiger partial charge in [0.15, 0.2) is 0 Å². The highest BCUT2D eigenvalue weighted by atomic mass is 32.2. The first kappa shape index (κ1) is 15.9. The quantitative estimate of drug-likeness (QED) is 0.789. The predicted octanol–water partition coefficient (Wildman–Crippen LogP) is 3.80. The maximum absolute atomic E-state index is 5.28. The number of rotatable bonds is 7. The van der Waals surface area contributed by atoms with E-state index in [-0.39, 0.29) is 0 Å². The van der Waals surface area contributed by atoms with Crippen molar-refractivity contribution >= 4 is 11.8 Å². The molecule has 0 atom stereocenters. The highest BCUT2D eigenvalue weighted by Crippen LogP contribution is 2.24. The Kier molecular flexibility index (Phi) is 6.08. The second-order valence-electron chi connectivity index (χ2n) is 4.85. The molecule has 0 saturated carbocycles. The van der Waals surface area contributed by atoms with Crippen LogP contribution in [0.5, 0.6) is 5.75 Å². The SMILES string of the molecule is CCNCc1ccc(SCc2cc(OC)cc(C)n2)cc1. The van der Waals surface area contributed by atoms with Gasteiger partial charge < -0.3 is 10.1 Å². The molecule has 0 bridgehead atoms. The average molecular weight is 302 g/mol. The molecule has 1 aromatic carbocycles. The van der Waals surface area contributed by atoms with Crippen LogP contribution in [-0.2, 0) is 12.3 Å². The second kappa shape index (κ2) is 8.05. The van der Waals surface area contributed by atoms with Crippen LogP contribution >= 0.6 is 11.8 Å². The molecule has 4 heteroatoms. The molecular formula is C17H22N2OS. The van der Waals surface area contributed by atoms with E-state index >= 15 is 0 Å². The third-order valence-corrected chi connectivity index (χ3v) is 4.15. The minimum absolute atomic E-state index is 0.852. The summed E-state index contributed by atoms with van der Waals surface area (Å²) in [5, 5.41) is 3.33. The highest BCUT2D eigenvalue weighted by Gasteiger charge is 2.02. The lowest BCUT2D eigenvalue weighted by atomic mass is 10.2. The largest absolute Gasteiger partial charge is 0.497 e. The fourth-order valence-corrected chi connectivity index (χ4v) is 2.82. The van der Waals surface area contributed by atoms with Crippen LogP contribution in [0.1, 0.15) is 23.9 Å². The van der Waals surface area contributed by atoms with E-state index in [1.165, 1.54) is 10.5 Å². The van der Waals surface area contributed by atoms with Gasteiger partial charge in [-0.25, -0.2) is 0 Å². The molecule has 112 valence electrons. The van der Waals surface area contributed by atoms with E-state index in [0.29, 0.717) is 0 Å². The van der Waals surface area contributed by atoms with E-state index in [1.807, 2.05) is 19.1 Å². The van der Waals surface area contributed by atoms with E-state index in [4.69, 9.17) is 4.74 Å². The van der Waals surface area contributed by atoms with Crippen molar-refractivity contribution in [2.24, 2.45) is 0 Å². The van der Waals surface area contributed by atoms with Crippen LogP contribution in [0.4, 0.5) is 0 Å². The van der Waals surface area contributed by atoms with Crippen molar-refractivity contribution in [3.8, 4) is 5.75 Å². The van der Waals surface area contributed by atoms with E-state index in [0.717, 1.165) is 36.0 Å². The van der Waals surface area contributed by atoms with Crippen LogP contribution in [-0.4, -0.2) is 18.6 Å². The maximum Gasteiger partial charge on any atom is 0.122 e. The number of benzene rings is 1. The van der Waals surface area contributed by atoms with Gasteiger partial charge in [-0.2, -0.15) is 0 Å². The van der Waals surface area contributed by atoms with Crippen molar-refractivity contribution in [1.82, 2.24) is 10.3 Å². The van der Waals surface area contributed by atoms with Gasteiger partial charge in [0.2, 0.25) is 0 Å². The number of hydrogen-bond acceptors (Lipinski definition) is 4. The Balaban J connectivity index is 1.95. The lowest BCUT2D eigenvalue weighted by Crippen LogP contribution is -2.11. The van der Waals surface area contributed by atoms with Gasteiger partial charge >= 0.3 is 0 Å². The minimum Gasteiger partial charge on any atom is -0.497 e. The van der Waals surface area contributed by atoms with Crippen LogP contribution in [0.15, 0.2) is 41.3 Å². The molecule has 0 amide bonds. The van der Waals surface area contributed by atoms with Crippen molar-refractivity contribution in [3.63, 3.8) is 0 Å². The first-order chi connectivity index (χ1) is 10.2. The monoisotopic (exact) mass is 302 g/mol. The molecule has 1 heterocycles. The van der Waals surface area contributed by atoms with Crippen molar-refractivity contribution in [2.45, 2.75) is 31.0 Å². The molecule has 0 spiro atoms. The number of pyridine rings is 1. The predicted molar refractivity (Wildman–Crippen MR) is 88.9 cm³/mol. The summed E-state index contributed by atoms with van der Waals surface area (Å²) in [4.78, 5) is 5.81. The minimum atomic E-state index is 0.852. The number of ether oxygens (including phenoxy) is 1. The van der Waals surface area contributed by atoms with Crippen LogP contribution in [0, 0.1) is 6.92 Å². The number of hydrogen-bond donors (Lipinski definition) is 1. The zero-order valence-corrected chi connectivity index (χ0v) is 13.7. The van der Waals surface area contributed by atoms with Gasteiger partial charge in [0.1, 0.15) is 5.75 Å². The lowest BCUT2D eigenvalue weighted by molar-refractivity contribution is 0.413. The van der Waals surface area contributed by atoms with Crippen LogP contribution in [0.3, 0.4) is 0 Å². The molecular weight excluding hydrogens is 280 g/mol. The van der Waals surface area contributed by atoms with Crippen LogP contribution in [0.2, 0.25) is 0 Å². The lowest BCUT2D eigenvalue weighted by Gasteiger charge is -2.07. The molecule has 3 nitrogen and oxygen atoms in total. The summed E-state index contributed by atoms with van der Waals surface area (Å²) in [7, 11) is 1.69. The summed E-state index contributed by atoms with van der Waals surface area (Å²) >= 11 is 1.80. The Morgan fingerprint density at radius 2 is 1.95 bits per heavy atom. The third-order valence-electron chi connectivity index (χ3n) is 3.10. The number of methoxy groups -OCH3 is 1. The molecule has 0 unspecified atom stereocenters. The van der Waals surface area contributed by atoms with Crippen molar-refractivity contribution in [3.05, 3.63) is 53.3 Å². The van der Waals surface area contributed by atoms with Gasteiger partial charge in [0, 0.05) is 35.0 Å². The highest BCUT2D eigenvalue weighted by molar-refractivity contribution is 7.98. The summed E-state index contributed by atoms with van der Waals surface area (Å²) in [6.07, 6.45) is 0. The summed E-state index contributed by atoms with van der Waals surface area (Å²) in [6, 6.07) is 12.6. The summed E-state index contributed by atoms with van der Waals surface area (Å²) in [5.74, 6) is 1.73. The van der Waals surface area contributed by atoms with E-state index in [9.17, 15) is 0 Å². The van der Waals surface area contributed by atoms with Gasteiger partial charge in [0.25, 0.3) is 0 Å². The molecule has 1 N–H and O–H groups in total. The smallest absolute Gasteiger partial charge is 0.122 e. The van der Waals surface area contributed by atoms with Gasteiger partial charge in [-0.3, -0.25) is 4.98 Å². The first-order valence-electron chi connectivity index (χ1n) is 7.15. The van der Waals surface area contributed by atoms with Crippen LogP contribution < -0.4 is 10.1 Å². The zero-order valence-electron chi connectivity index (χ0n) is 12.8. The average Bonchev–Trinajstić information content (AvgIpc) is 2.51. The third kappa shape index (κ3) is 5.06. The maximum atomic E-state index is 5.28. The summed E-state index contributed by atoms with van der Waals surface area (Å²) in [6.45, 7) is 6.04. The summed E-state index contributed by atoms with van der Waals surface area (Å²) in [5.41, 5.74) is 3.36. The standard InChI is InChI=1S/C17H22N2OS/c1-4-18-11-14-5-7-17(8-6-14)21-12-15-10-16(20-3)9-13(2)19-15/h5-10,18H,4,11-12H2,1-3H3. The number of thioether (sulfide) groups is 1. The van der Waals surface area contributed by atoms with Gasteiger partial charge in [-0.05, 0) is 31.2 Å². The molecule has 0 aliphatic carbocycles. The fraction of sp³-hybridized carbons (Fsp3) is 0.353.